The number of aryl methyl sites for hydroxylation is 2. The second kappa shape index (κ2) is 10.6. The van der Waals surface area contributed by atoms with E-state index in [-0.39, 0.29) is 16.6 Å². The van der Waals surface area contributed by atoms with Gasteiger partial charge in [0.2, 0.25) is 0 Å². The summed E-state index contributed by atoms with van der Waals surface area (Å²) in [4.78, 5) is 33.8. The van der Waals surface area contributed by atoms with Gasteiger partial charge >= 0.3 is 0 Å². The van der Waals surface area contributed by atoms with Crippen LogP contribution in [0.4, 0.5) is 0 Å². The molecule has 0 N–H and O–H groups in total. The van der Waals surface area contributed by atoms with Gasteiger partial charge in [0.25, 0.3) is 5.56 Å². The molecule has 1 saturated heterocycles. The Morgan fingerprint density at radius 3 is 2.67 bits per heavy atom. The van der Waals surface area contributed by atoms with E-state index in [1.807, 2.05) is 63.2 Å². The van der Waals surface area contributed by atoms with E-state index < -0.39 is 0 Å². The van der Waals surface area contributed by atoms with Crippen LogP contribution in [0, 0.1) is 13.8 Å². The lowest BCUT2D eigenvalue weighted by Crippen LogP contribution is -2.37. The van der Waals surface area contributed by atoms with E-state index >= 15 is 0 Å². The molecule has 0 unspecified atom stereocenters. The Hall–Kier alpha value is -2.48. The van der Waals surface area contributed by atoms with Gasteiger partial charge in [-0.1, -0.05) is 41.6 Å². The van der Waals surface area contributed by atoms with E-state index in [0.29, 0.717) is 22.6 Å². The highest BCUT2D eigenvalue weighted by atomic mass is 32.2. The minimum atomic E-state index is -0.357. The number of hydrogen-bond acceptors (Lipinski definition) is 6. The van der Waals surface area contributed by atoms with Gasteiger partial charge in [0, 0.05) is 31.7 Å². The summed E-state index contributed by atoms with van der Waals surface area (Å²) in [5, 5.41) is 0.859. The highest BCUT2D eigenvalue weighted by Crippen LogP contribution is 2.26. The Balaban J connectivity index is 1.59. The zero-order chi connectivity index (χ0) is 23.4. The quantitative estimate of drug-likeness (QED) is 0.284. The smallest absolute Gasteiger partial charge is 0.262 e. The van der Waals surface area contributed by atoms with Crippen LogP contribution >= 0.6 is 11.8 Å². The van der Waals surface area contributed by atoms with Crippen molar-refractivity contribution in [3.05, 3.63) is 69.5 Å². The highest BCUT2D eigenvalue weighted by Gasteiger charge is 2.22. The summed E-state index contributed by atoms with van der Waals surface area (Å²) in [7, 11) is 0. The van der Waals surface area contributed by atoms with E-state index in [0.717, 1.165) is 56.0 Å². The third kappa shape index (κ3) is 5.54. The van der Waals surface area contributed by atoms with Crippen molar-refractivity contribution >= 4 is 28.4 Å². The standard InChI is InChI=1S/C26H31N3O3S/c1-18-9-10-19(2)22(17-18)24(30)20(3)33-26-27-23-8-5-4-7-21(23)25(31)29(26)12-6-11-28-13-15-32-16-14-28/h4-5,7-10,17,20H,6,11-16H2,1-3H3/t20-/m1/s1. The van der Waals surface area contributed by atoms with Gasteiger partial charge in [0.05, 0.1) is 29.4 Å². The predicted octanol–water partition coefficient (Wildman–Crippen LogP) is 4.10. The molecule has 1 fully saturated rings. The molecular weight excluding hydrogens is 434 g/mol. The molecule has 1 aromatic heterocycles. The summed E-state index contributed by atoms with van der Waals surface area (Å²) in [5.41, 5.74) is 3.38. The Kier molecular flexibility index (Phi) is 7.63. The van der Waals surface area contributed by atoms with Crippen LogP contribution in [0.3, 0.4) is 0 Å². The van der Waals surface area contributed by atoms with Crippen LogP contribution in [0.25, 0.3) is 10.9 Å². The fourth-order valence-electron chi connectivity index (χ4n) is 4.14. The fraction of sp³-hybridized carbons (Fsp3) is 0.423. The van der Waals surface area contributed by atoms with E-state index in [1.54, 1.807) is 4.57 Å². The average Bonchev–Trinajstić information content (AvgIpc) is 2.82. The number of aromatic nitrogens is 2. The zero-order valence-electron chi connectivity index (χ0n) is 19.5. The minimum absolute atomic E-state index is 0.0449. The summed E-state index contributed by atoms with van der Waals surface area (Å²) >= 11 is 1.37. The number of nitrogens with zero attached hydrogens (tertiary/aromatic N) is 3. The summed E-state index contributed by atoms with van der Waals surface area (Å²) in [6.07, 6.45) is 0.840. The molecule has 1 aliphatic rings. The van der Waals surface area contributed by atoms with Crippen molar-refractivity contribution in [3.8, 4) is 0 Å². The Labute approximate surface area is 199 Å². The average molecular weight is 466 g/mol. The van der Waals surface area contributed by atoms with Crippen LogP contribution in [-0.4, -0.2) is 58.3 Å². The lowest BCUT2D eigenvalue weighted by Gasteiger charge is -2.26. The maximum Gasteiger partial charge on any atom is 0.262 e. The van der Waals surface area contributed by atoms with Gasteiger partial charge < -0.3 is 4.74 Å². The van der Waals surface area contributed by atoms with Gasteiger partial charge in [-0.25, -0.2) is 4.98 Å². The SMILES string of the molecule is Cc1ccc(C)c(C(=O)[C@@H](C)Sc2nc3ccccc3c(=O)n2CCCN2CCOCC2)c1. The van der Waals surface area contributed by atoms with E-state index in [4.69, 9.17) is 9.72 Å². The number of ketones is 1. The van der Waals surface area contributed by atoms with Crippen LogP contribution in [0.2, 0.25) is 0 Å². The zero-order valence-corrected chi connectivity index (χ0v) is 20.4. The fourth-order valence-corrected chi connectivity index (χ4v) is 5.15. The summed E-state index contributed by atoms with van der Waals surface area (Å²) in [6.45, 7) is 10.7. The number of rotatable bonds is 8. The number of thioether (sulfide) groups is 1. The molecule has 0 amide bonds. The van der Waals surface area contributed by atoms with E-state index in [1.165, 1.54) is 11.8 Å². The molecule has 1 atom stereocenters. The molecule has 7 heteroatoms. The molecule has 1 aliphatic heterocycles. The first-order chi connectivity index (χ1) is 15.9. The van der Waals surface area contributed by atoms with Crippen molar-refractivity contribution in [2.45, 2.75) is 44.1 Å². The Morgan fingerprint density at radius 2 is 1.88 bits per heavy atom. The van der Waals surface area contributed by atoms with Crippen molar-refractivity contribution in [1.82, 2.24) is 14.5 Å². The normalized spacial score (nSPS) is 15.6. The molecule has 3 aromatic rings. The number of Topliss-reactive ketones (excluding diaryl/α,β-unsaturated/α-hetero) is 1. The summed E-state index contributed by atoms with van der Waals surface area (Å²) < 4.78 is 7.18. The van der Waals surface area contributed by atoms with Gasteiger partial charge in [-0.3, -0.25) is 19.1 Å². The molecule has 2 aromatic carbocycles. The second-order valence-corrected chi connectivity index (χ2v) is 9.93. The molecule has 0 bridgehead atoms. The van der Waals surface area contributed by atoms with Gasteiger partial charge in [0.1, 0.15) is 0 Å². The van der Waals surface area contributed by atoms with Crippen molar-refractivity contribution < 1.29 is 9.53 Å². The first kappa shape index (κ1) is 23.7. The maximum atomic E-state index is 13.3. The van der Waals surface area contributed by atoms with Crippen molar-refractivity contribution in [3.63, 3.8) is 0 Å². The minimum Gasteiger partial charge on any atom is -0.379 e. The first-order valence-electron chi connectivity index (χ1n) is 11.5. The molecule has 0 spiro atoms. The molecule has 0 aliphatic carbocycles. The van der Waals surface area contributed by atoms with Gasteiger partial charge in [-0.15, -0.1) is 0 Å². The van der Waals surface area contributed by atoms with E-state index in [9.17, 15) is 9.59 Å². The van der Waals surface area contributed by atoms with Crippen molar-refractivity contribution in [1.29, 1.82) is 0 Å². The molecule has 0 radical (unpaired) electrons. The molecule has 6 nitrogen and oxygen atoms in total. The van der Waals surface area contributed by atoms with Crippen LogP contribution in [0.5, 0.6) is 0 Å². The third-order valence-corrected chi connectivity index (χ3v) is 7.19. The molecule has 4 rings (SSSR count). The van der Waals surface area contributed by atoms with Gasteiger partial charge in [0.15, 0.2) is 10.9 Å². The van der Waals surface area contributed by atoms with Crippen molar-refractivity contribution in [2.75, 3.05) is 32.8 Å². The number of para-hydroxylation sites is 1. The van der Waals surface area contributed by atoms with Crippen LogP contribution < -0.4 is 5.56 Å². The number of hydrogen-bond donors (Lipinski definition) is 0. The lowest BCUT2D eigenvalue weighted by atomic mass is 10.0. The lowest BCUT2D eigenvalue weighted by molar-refractivity contribution is 0.0368. The largest absolute Gasteiger partial charge is 0.379 e. The van der Waals surface area contributed by atoms with Crippen LogP contribution in [-0.2, 0) is 11.3 Å². The Bertz CT molecular complexity index is 1200. The highest BCUT2D eigenvalue weighted by molar-refractivity contribution is 8.00. The van der Waals surface area contributed by atoms with Crippen molar-refractivity contribution in [2.24, 2.45) is 0 Å². The molecular formula is C26H31N3O3S. The van der Waals surface area contributed by atoms with Gasteiger partial charge in [-0.2, -0.15) is 0 Å². The molecule has 174 valence electrons. The monoisotopic (exact) mass is 465 g/mol. The number of morpholine rings is 1. The van der Waals surface area contributed by atoms with Gasteiger partial charge in [-0.05, 0) is 51.0 Å². The predicted molar refractivity (Wildman–Crippen MR) is 133 cm³/mol. The molecule has 0 saturated carbocycles. The van der Waals surface area contributed by atoms with Crippen LogP contribution in [0.1, 0.15) is 34.8 Å². The summed E-state index contributed by atoms with van der Waals surface area (Å²) in [5.74, 6) is 0.0588. The number of carbonyl (C=O) groups is 1. The molecule has 2 heterocycles. The number of ether oxygens (including phenoxy) is 1. The van der Waals surface area contributed by atoms with Crippen LogP contribution in [0.15, 0.2) is 52.4 Å². The summed E-state index contributed by atoms with van der Waals surface area (Å²) in [6, 6.07) is 13.4. The third-order valence-electron chi connectivity index (χ3n) is 6.10. The first-order valence-corrected chi connectivity index (χ1v) is 12.4. The molecule has 33 heavy (non-hydrogen) atoms. The number of fused-ring (bicyclic) bond motifs is 1. The van der Waals surface area contributed by atoms with E-state index in [2.05, 4.69) is 4.90 Å². The number of carbonyl (C=O) groups excluding carboxylic acids is 1. The topological polar surface area (TPSA) is 64.4 Å². The Morgan fingerprint density at radius 1 is 1.12 bits per heavy atom. The second-order valence-electron chi connectivity index (χ2n) is 8.62. The maximum absolute atomic E-state index is 13.3. The number of benzene rings is 2.